The Bertz CT molecular complexity index is 850. The molecule has 2 fully saturated rings. The van der Waals surface area contributed by atoms with Gasteiger partial charge >= 0.3 is 6.09 Å². The van der Waals surface area contributed by atoms with E-state index in [4.69, 9.17) is 4.74 Å². The van der Waals surface area contributed by atoms with Gasteiger partial charge in [-0.15, -0.1) is 5.10 Å². The molecule has 3 unspecified atom stereocenters. The van der Waals surface area contributed by atoms with E-state index >= 15 is 0 Å². The summed E-state index contributed by atoms with van der Waals surface area (Å²) < 4.78 is 33.3. The monoisotopic (exact) mass is 407 g/mol. The molecule has 2 saturated heterocycles. The zero-order valence-corrected chi connectivity index (χ0v) is 16.5. The Hall–Kier alpha value is -2.33. The summed E-state index contributed by atoms with van der Waals surface area (Å²) >= 11 is -0.931. The van der Waals surface area contributed by atoms with Crippen LogP contribution in [0.1, 0.15) is 13.3 Å². The summed E-state index contributed by atoms with van der Waals surface area (Å²) in [5, 5.41) is 7.59. The number of rotatable bonds is 7. The number of nitrogens with zero attached hydrogens (tertiary/aromatic N) is 5. The SMILES string of the molecule is CCC1C(C[S+](C)[O-])N1c1ccc(N2C[C@H](Cn3ccnn3)OC2=O)cc1F. The number of aromatic nitrogens is 3. The normalized spacial score (nSPS) is 25.1. The van der Waals surface area contributed by atoms with E-state index in [0.717, 1.165) is 6.42 Å². The van der Waals surface area contributed by atoms with Crippen LogP contribution in [-0.2, 0) is 22.5 Å². The second-order valence-corrected chi connectivity index (χ2v) is 8.55. The van der Waals surface area contributed by atoms with Gasteiger partial charge in [0.1, 0.15) is 17.7 Å². The summed E-state index contributed by atoms with van der Waals surface area (Å²) in [5.74, 6) is 0.134. The van der Waals surface area contributed by atoms with Gasteiger partial charge in [0.15, 0.2) is 0 Å². The second-order valence-electron chi connectivity index (χ2n) is 7.07. The first kappa shape index (κ1) is 19.0. The van der Waals surface area contributed by atoms with Gasteiger partial charge in [-0.3, -0.25) is 4.90 Å². The smallest absolute Gasteiger partial charge is 0.414 e. The highest BCUT2D eigenvalue weighted by atomic mass is 32.2. The molecule has 0 N–H and O–H groups in total. The zero-order valence-electron chi connectivity index (χ0n) is 15.7. The van der Waals surface area contributed by atoms with Crippen molar-refractivity contribution in [2.24, 2.45) is 0 Å². The largest absolute Gasteiger partial charge is 0.616 e. The van der Waals surface area contributed by atoms with Crippen molar-refractivity contribution in [3.05, 3.63) is 36.4 Å². The van der Waals surface area contributed by atoms with E-state index in [0.29, 0.717) is 30.2 Å². The standard InChI is InChI=1S/C18H22FN5O3S/c1-3-15-17(11-28(2)26)24(15)16-5-4-12(8-14(16)19)23-10-13(27-18(23)25)9-22-7-6-20-21-22/h4-8,13,15,17H,3,9-11H2,1-2H3/t13-,15?,17?,24?,28?/m0/s1. The van der Waals surface area contributed by atoms with Gasteiger partial charge in [-0.1, -0.05) is 23.3 Å². The minimum atomic E-state index is -0.931. The van der Waals surface area contributed by atoms with Gasteiger partial charge in [0.05, 0.1) is 49.0 Å². The minimum Gasteiger partial charge on any atom is -0.616 e. The predicted molar refractivity (Wildman–Crippen MR) is 103 cm³/mol. The molecule has 1 aromatic heterocycles. The number of benzene rings is 1. The molecule has 0 bridgehead atoms. The molecule has 1 aromatic carbocycles. The molecule has 8 nitrogen and oxygen atoms in total. The summed E-state index contributed by atoms with van der Waals surface area (Å²) in [6.07, 6.45) is 4.90. The number of hydrogen-bond acceptors (Lipinski definition) is 6. The Morgan fingerprint density at radius 1 is 1.39 bits per heavy atom. The Morgan fingerprint density at radius 2 is 2.21 bits per heavy atom. The van der Waals surface area contributed by atoms with Crippen LogP contribution in [0.2, 0.25) is 0 Å². The van der Waals surface area contributed by atoms with Crippen LogP contribution in [0, 0.1) is 5.82 Å². The molecule has 2 aliphatic heterocycles. The third-order valence-corrected chi connectivity index (χ3v) is 5.96. The van der Waals surface area contributed by atoms with Crippen LogP contribution in [0.25, 0.3) is 0 Å². The van der Waals surface area contributed by atoms with Crippen LogP contribution in [0.3, 0.4) is 0 Å². The van der Waals surface area contributed by atoms with E-state index < -0.39 is 23.1 Å². The summed E-state index contributed by atoms with van der Waals surface area (Å²) in [6.45, 7) is 2.75. The average molecular weight is 407 g/mol. The zero-order chi connectivity index (χ0) is 19.8. The fraction of sp³-hybridized carbons (Fsp3) is 0.500. The highest BCUT2D eigenvalue weighted by molar-refractivity contribution is 7.90. The van der Waals surface area contributed by atoms with Crippen LogP contribution in [0.15, 0.2) is 30.6 Å². The van der Waals surface area contributed by atoms with Crippen molar-refractivity contribution in [2.75, 3.05) is 28.4 Å². The fourth-order valence-electron chi connectivity index (χ4n) is 3.83. The van der Waals surface area contributed by atoms with E-state index in [-0.39, 0.29) is 18.2 Å². The highest BCUT2D eigenvalue weighted by Gasteiger charge is 2.49. The molecule has 4 atom stereocenters. The summed E-state index contributed by atoms with van der Waals surface area (Å²) in [4.78, 5) is 15.6. The van der Waals surface area contributed by atoms with E-state index in [2.05, 4.69) is 10.3 Å². The van der Waals surface area contributed by atoms with E-state index in [1.807, 2.05) is 11.8 Å². The first-order chi connectivity index (χ1) is 13.5. The number of carbonyl (C=O) groups excluding carboxylic acids is 1. The summed E-state index contributed by atoms with van der Waals surface area (Å²) in [7, 11) is 0. The second kappa shape index (κ2) is 7.59. The molecule has 2 aliphatic rings. The number of halogens is 1. The van der Waals surface area contributed by atoms with Gasteiger partial charge in [0, 0.05) is 6.20 Å². The van der Waals surface area contributed by atoms with Gasteiger partial charge in [-0.25, -0.2) is 13.9 Å². The van der Waals surface area contributed by atoms with Crippen molar-refractivity contribution in [2.45, 2.75) is 38.1 Å². The van der Waals surface area contributed by atoms with Crippen molar-refractivity contribution < 1.29 is 18.5 Å². The molecule has 0 aliphatic carbocycles. The van der Waals surface area contributed by atoms with Gasteiger partial charge in [0.2, 0.25) is 0 Å². The van der Waals surface area contributed by atoms with Gasteiger partial charge in [-0.05, 0) is 24.6 Å². The lowest BCUT2D eigenvalue weighted by Crippen LogP contribution is -2.26. The lowest BCUT2D eigenvalue weighted by molar-refractivity contribution is 0.129. The van der Waals surface area contributed by atoms with Crippen LogP contribution < -0.4 is 9.80 Å². The number of cyclic esters (lactones) is 1. The van der Waals surface area contributed by atoms with E-state index in [1.54, 1.807) is 35.5 Å². The maximum absolute atomic E-state index is 14.8. The van der Waals surface area contributed by atoms with Crippen molar-refractivity contribution in [3.8, 4) is 0 Å². The Morgan fingerprint density at radius 3 is 2.86 bits per heavy atom. The molecule has 150 valence electrons. The molecule has 10 heteroatoms. The van der Waals surface area contributed by atoms with Gasteiger partial charge in [0.25, 0.3) is 0 Å². The van der Waals surface area contributed by atoms with Crippen LogP contribution >= 0.6 is 0 Å². The maximum atomic E-state index is 14.8. The topological polar surface area (TPSA) is 86.3 Å². The van der Waals surface area contributed by atoms with Crippen molar-refractivity contribution in [1.82, 2.24) is 15.0 Å². The first-order valence-corrected chi connectivity index (χ1v) is 10.9. The lowest BCUT2D eigenvalue weighted by Gasteiger charge is -2.15. The predicted octanol–water partition coefficient (Wildman–Crippen LogP) is 1.79. The first-order valence-electron chi connectivity index (χ1n) is 9.18. The number of hydrogen-bond donors (Lipinski definition) is 0. The highest BCUT2D eigenvalue weighted by Crippen LogP contribution is 2.40. The Balaban J connectivity index is 1.47. The fourth-order valence-corrected chi connectivity index (χ4v) is 4.70. The molecule has 2 aromatic rings. The van der Waals surface area contributed by atoms with E-state index in [1.165, 1.54) is 11.0 Å². The summed E-state index contributed by atoms with van der Waals surface area (Å²) in [6, 6.07) is 5.07. The van der Waals surface area contributed by atoms with Crippen molar-refractivity contribution in [3.63, 3.8) is 0 Å². The van der Waals surface area contributed by atoms with Crippen molar-refractivity contribution >= 4 is 28.6 Å². The maximum Gasteiger partial charge on any atom is 0.414 e. The molecule has 0 radical (unpaired) electrons. The third-order valence-electron chi connectivity index (χ3n) is 5.15. The van der Waals surface area contributed by atoms with Crippen LogP contribution in [-0.4, -0.2) is 62.4 Å². The number of ether oxygens (including phenoxy) is 1. The molecular weight excluding hydrogens is 385 g/mol. The van der Waals surface area contributed by atoms with E-state index in [9.17, 15) is 13.7 Å². The number of carbonyl (C=O) groups is 1. The molecular formula is C18H22FN5O3S. The lowest BCUT2D eigenvalue weighted by atomic mass is 10.2. The molecule has 0 saturated carbocycles. The number of amides is 1. The molecule has 0 spiro atoms. The molecule has 3 heterocycles. The summed E-state index contributed by atoms with van der Waals surface area (Å²) in [5.41, 5.74) is 0.940. The van der Waals surface area contributed by atoms with Gasteiger partial charge < -0.3 is 14.2 Å². The van der Waals surface area contributed by atoms with Crippen molar-refractivity contribution in [1.29, 1.82) is 0 Å². The Labute approximate surface area is 165 Å². The number of anilines is 2. The Kier molecular flexibility index (Phi) is 5.15. The molecule has 1 amide bonds. The average Bonchev–Trinajstić information content (AvgIpc) is 2.97. The van der Waals surface area contributed by atoms with Crippen LogP contribution in [0.4, 0.5) is 20.6 Å². The van der Waals surface area contributed by atoms with Gasteiger partial charge in [-0.2, -0.15) is 0 Å². The molecule has 4 rings (SSSR count). The third kappa shape index (κ3) is 3.66. The quantitative estimate of drug-likeness (QED) is 0.514. The van der Waals surface area contributed by atoms with Crippen LogP contribution in [0.5, 0.6) is 0 Å². The minimum absolute atomic E-state index is 0.0972. The molecule has 28 heavy (non-hydrogen) atoms.